The maximum Gasteiger partial charge on any atom is 0.261 e. The third kappa shape index (κ3) is 4.73. The predicted octanol–water partition coefficient (Wildman–Crippen LogP) is 3.74. The molecule has 2 N–H and O–H groups in total. The summed E-state index contributed by atoms with van der Waals surface area (Å²) < 4.78 is 7.75. The molecule has 2 aromatic carbocycles. The molecule has 0 aliphatic carbocycles. The van der Waals surface area contributed by atoms with Gasteiger partial charge in [0.05, 0.1) is 12.7 Å². The molecule has 4 rings (SSSR count). The maximum absolute atomic E-state index is 12.5. The first-order chi connectivity index (χ1) is 14.9. The Balaban J connectivity index is 1.36. The molecule has 8 nitrogen and oxygen atoms in total. The number of fused-ring (bicyclic) bond motifs is 1. The number of ether oxygens (including phenoxy) is 1. The average Bonchev–Trinajstić information content (AvgIpc) is 3.34. The van der Waals surface area contributed by atoms with Crippen LogP contribution in [0.2, 0.25) is 0 Å². The summed E-state index contributed by atoms with van der Waals surface area (Å²) >= 11 is 10.1. The number of carbonyl (C=O) groups is 1. The van der Waals surface area contributed by atoms with Gasteiger partial charge in [-0.25, -0.2) is 0 Å². The molecular weight excluding hydrogens is 500 g/mol. The highest BCUT2D eigenvalue weighted by Gasteiger charge is 2.14. The third-order valence-electron chi connectivity index (χ3n) is 4.43. The number of halogens is 1. The average molecular weight is 517 g/mol. The Hall–Kier alpha value is -2.89. The van der Waals surface area contributed by atoms with E-state index in [1.165, 1.54) is 18.4 Å². The van der Waals surface area contributed by atoms with Crippen LogP contribution in [0.4, 0.5) is 0 Å². The Labute approximate surface area is 195 Å². The van der Waals surface area contributed by atoms with Gasteiger partial charge in [-0.1, -0.05) is 51.5 Å². The second kappa shape index (κ2) is 9.08. The van der Waals surface area contributed by atoms with E-state index in [-0.39, 0.29) is 11.0 Å². The van der Waals surface area contributed by atoms with E-state index >= 15 is 0 Å². The van der Waals surface area contributed by atoms with Gasteiger partial charge in [0.2, 0.25) is 4.96 Å². The summed E-state index contributed by atoms with van der Waals surface area (Å²) in [4.78, 5) is 13.3. The number of aryl methyl sites for hydroxylation is 1. The van der Waals surface area contributed by atoms with Gasteiger partial charge in [0.25, 0.3) is 5.91 Å². The highest BCUT2D eigenvalue weighted by atomic mass is 79.9. The topological polar surface area (TPSA) is 93.4 Å². The first kappa shape index (κ1) is 21.3. The van der Waals surface area contributed by atoms with Crippen LogP contribution < -0.4 is 15.4 Å². The fraction of sp³-hybridized carbons (Fsp3) is 0.150. The van der Waals surface area contributed by atoms with Gasteiger partial charge in [-0.3, -0.25) is 10.1 Å². The number of benzene rings is 2. The van der Waals surface area contributed by atoms with Gasteiger partial charge < -0.3 is 10.1 Å². The van der Waals surface area contributed by atoms with Gasteiger partial charge in [-0.05, 0) is 42.9 Å². The molecule has 31 heavy (non-hydrogen) atoms. The number of aromatic nitrogens is 4. The molecule has 0 aliphatic rings. The molecule has 158 valence electrons. The molecule has 0 atom stereocenters. The van der Waals surface area contributed by atoms with E-state index in [0.29, 0.717) is 17.9 Å². The second-order valence-electron chi connectivity index (χ2n) is 6.53. The summed E-state index contributed by atoms with van der Waals surface area (Å²) in [5.74, 6) is 0.888. The normalized spacial score (nSPS) is 10.8. The van der Waals surface area contributed by atoms with E-state index in [1.807, 2.05) is 31.2 Å². The van der Waals surface area contributed by atoms with Crippen LogP contribution in [0.15, 0.2) is 46.9 Å². The number of methoxy groups -OCH3 is 1. The molecule has 0 bridgehead atoms. The molecule has 2 heterocycles. The van der Waals surface area contributed by atoms with Crippen molar-refractivity contribution in [2.45, 2.75) is 13.5 Å². The second-order valence-corrected chi connectivity index (χ2v) is 8.81. The lowest BCUT2D eigenvalue weighted by Gasteiger charge is -2.12. The van der Waals surface area contributed by atoms with E-state index in [9.17, 15) is 4.79 Å². The van der Waals surface area contributed by atoms with Crippen molar-refractivity contribution in [2.75, 3.05) is 7.11 Å². The first-order valence-corrected chi connectivity index (χ1v) is 11.2. The number of hydrogen-bond donors (Lipinski definition) is 2. The molecule has 0 fully saturated rings. The van der Waals surface area contributed by atoms with Crippen molar-refractivity contribution in [2.24, 2.45) is 0 Å². The lowest BCUT2D eigenvalue weighted by Crippen LogP contribution is -2.39. The van der Waals surface area contributed by atoms with Crippen molar-refractivity contribution in [1.29, 1.82) is 0 Å². The van der Waals surface area contributed by atoms with Crippen molar-refractivity contribution < 1.29 is 9.53 Å². The van der Waals surface area contributed by atoms with Crippen LogP contribution >= 0.6 is 39.5 Å². The zero-order valence-electron chi connectivity index (χ0n) is 16.5. The van der Waals surface area contributed by atoms with Crippen LogP contribution in [0.1, 0.15) is 21.7 Å². The molecule has 0 spiro atoms. The Morgan fingerprint density at radius 2 is 2.00 bits per heavy atom. The van der Waals surface area contributed by atoms with Gasteiger partial charge in [-0.15, -0.1) is 10.2 Å². The number of amides is 1. The highest BCUT2D eigenvalue weighted by Crippen LogP contribution is 2.26. The molecule has 0 unspecified atom stereocenters. The van der Waals surface area contributed by atoms with Gasteiger partial charge >= 0.3 is 0 Å². The van der Waals surface area contributed by atoms with E-state index < -0.39 is 0 Å². The lowest BCUT2D eigenvalue weighted by molar-refractivity contribution is 0.0973. The molecule has 1 amide bonds. The molecule has 0 saturated heterocycles. The smallest absolute Gasteiger partial charge is 0.261 e. The largest absolute Gasteiger partial charge is 0.496 e. The number of nitrogens with one attached hydrogen (secondary N) is 2. The quantitative estimate of drug-likeness (QED) is 0.390. The molecular formula is C20H17BrN6O2S2. The fourth-order valence-corrected chi connectivity index (χ4v) is 4.27. The molecule has 11 heteroatoms. The van der Waals surface area contributed by atoms with Gasteiger partial charge in [0.15, 0.2) is 10.9 Å². The minimum Gasteiger partial charge on any atom is -0.496 e. The van der Waals surface area contributed by atoms with E-state index in [0.717, 1.165) is 31.4 Å². The molecule has 0 saturated carbocycles. The van der Waals surface area contributed by atoms with Gasteiger partial charge in [-0.2, -0.15) is 9.61 Å². The monoisotopic (exact) mass is 516 g/mol. The minimum atomic E-state index is -0.343. The molecule has 4 aromatic rings. The number of rotatable bonds is 5. The fourth-order valence-electron chi connectivity index (χ4n) is 2.85. The zero-order valence-corrected chi connectivity index (χ0v) is 19.8. The minimum absolute atomic E-state index is 0.236. The van der Waals surface area contributed by atoms with Crippen LogP contribution in [0.25, 0.3) is 15.5 Å². The summed E-state index contributed by atoms with van der Waals surface area (Å²) in [5.41, 5.74) is 2.40. The lowest BCUT2D eigenvalue weighted by atomic mass is 10.1. The summed E-state index contributed by atoms with van der Waals surface area (Å²) in [6.07, 6.45) is 0. The predicted molar refractivity (Wildman–Crippen MR) is 126 cm³/mol. The molecule has 0 aliphatic heterocycles. The Morgan fingerprint density at radius 3 is 2.71 bits per heavy atom. The summed E-state index contributed by atoms with van der Waals surface area (Å²) in [6, 6.07) is 13.2. The maximum atomic E-state index is 12.5. The SMILES string of the molecule is COc1ccc(Br)cc1C(=O)NC(=S)NCc1ccc(-c2nn3c(C)nnc3s2)cc1. The van der Waals surface area contributed by atoms with Crippen molar-refractivity contribution in [1.82, 2.24) is 30.4 Å². The number of nitrogens with zero attached hydrogens (tertiary/aromatic N) is 4. The molecule has 0 radical (unpaired) electrons. The zero-order chi connectivity index (χ0) is 22.0. The first-order valence-electron chi connectivity index (χ1n) is 9.15. The van der Waals surface area contributed by atoms with E-state index in [1.54, 1.807) is 22.7 Å². The van der Waals surface area contributed by atoms with Gasteiger partial charge in [0.1, 0.15) is 10.8 Å². The summed E-state index contributed by atoms with van der Waals surface area (Å²) in [5, 5.41) is 19.5. The Morgan fingerprint density at radius 1 is 1.23 bits per heavy atom. The number of carbonyl (C=O) groups excluding carboxylic acids is 1. The summed E-state index contributed by atoms with van der Waals surface area (Å²) in [7, 11) is 1.52. The number of thiocarbonyl (C=S) groups is 1. The van der Waals surface area contributed by atoms with Crippen molar-refractivity contribution in [3.8, 4) is 16.3 Å². The van der Waals surface area contributed by atoms with Crippen LogP contribution in [0.5, 0.6) is 5.75 Å². The van der Waals surface area contributed by atoms with Gasteiger partial charge in [0, 0.05) is 16.6 Å². The van der Waals surface area contributed by atoms with E-state index in [4.69, 9.17) is 17.0 Å². The number of hydrogen-bond acceptors (Lipinski definition) is 7. The van der Waals surface area contributed by atoms with Crippen LogP contribution in [0, 0.1) is 6.92 Å². The van der Waals surface area contributed by atoms with E-state index in [2.05, 4.69) is 41.9 Å². The standard InChI is InChI=1S/C20H17BrN6O2S2/c1-11-24-25-20-27(11)26-18(31-20)13-5-3-12(4-6-13)10-22-19(30)23-17(28)15-9-14(21)7-8-16(15)29-2/h3-9H,10H2,1-2H3,(H2,22,23,28,30). The summed E-state index contributed by atoms with van der Waals surface area (Å²) in [6.45, 7) is 2.34. The van der Waals surface area contributed by atoms with Crippen molar-refractivity contribution in [3.63, 3.8) is 0 Å². The van der Waals surface area contributed by atoms with Crippen LogP contribution in [0.3, 0.4) is 0 Å². The third-order valence-corrected chi connectivity index (χ3v) is 6.12. The molecule has 2 aromatic heterocycles. The Kier molecular flexibility index (Phi) is 6.25. The van der Waals surface area contributed by atoms with Crippen LogP contribution in [-0.2, 0) is 6.54 Å². The Bertz CT molecular complexity index is 1270. The van der Waals surface area contributed by atoms with Crippen molar-refractivity contribution in [3.05, 3.63) is 63.9 Å². The van der Waals surface area contributed by atoms with Crippen LogP contribution in [-0.4, -0.2) is 37.9 Å². The van der Waals surface area contributed by atoms with Crippen molar-refractivity contribution >= 4 is 55.5 Å². The highest BCUT2D eigenvalue weighted by molar-refractivity contribution is 9.10.